The van der Waals surface area contributed by atoms with Crippen LogP contribution < -0.4 is 5.46 Å². The van der Waals surface area contributed by atoms with E-state index in [4.69, 9.17) is 9.31 Å². The molecule has 1 aliphatic heterocycles. The third-order valence-electron chi connectivity index (χ3n) is 5.29. The van der Waals surface area contributed by atoms with Gasteiger partial charge in [0.15, 0.2) is 0 Å². The van der Waals surface area contributed by atoms with E-state index in [1.54, 1.807) is 0 Å². The molecule has 2 nitrogen and oxygen atoms in total. The standard InChI is InChI=1S/C19H29BO2/c1-3-4-16-5-7-17(8-6-16)18-9-11-19(12-10-18)20-21-13-15(2)14-22-20/h9-12,15-17H,3-8,13-14H2,1-2H3. The van der Waals surface area contributed by atoms with E-state index in [-0.39, 0.29) is 7.12 Å². The van der Waals surface area contributed by atoms with Crippen LogP contribution in [0.25, 0.3) is 0 Å². The molecule has 2 fully saturated rings. The molecule has 0 spiro atoms. The van der Waals surface area contributed by atoms with Gasteiger partial charge in [-0.05, 0) is 54.5 Å². The number of rotatable bonds is 4. The molecule has 0 N–H and O–H groups in total. The molecule has 1 aliphatic carbocycles. The first-order valence-electron chi connectivity index (χ1n) is 9.09. The highest BCUT2D eigenvalue weighted by molar-refractivity contribution is 6.61. The zero-order chi connectivity index (χ0) is 15.4. The molecule has 1 heterocycles. The second-order valence-electron chi connectivity index (χ2n) is 7.28. The monoisotopic (exact) mass is 300 g/mol. The summed E-state index contributed by atoms with van der Waals surface area (Å²) in [6, 6.07) is 9.00. The first kappa shape index (κ1) is 16.1. The topological polar surface area (TPSA) is 18.5 Å². The Morgan fingerprint density at radius 3 is 2.23 bits per heavy atom. The molecule has 0 radical (unpaired) electrons. The van der Waals surface area contributed by atoms with Gasteiger partial charge in [0, 0.05) is 13.2 Å². The van der Waals surface area contributed by atoms with Crippen LogP contribution in [0.5, 0.6) is 0 Å². The summed E-state index contributed by atoms with van der Waals surface area (Å²) in [5, 5.41) is 0. The lowest BCUT2D eigenvalue weighted by Gasteiger charge is -2.29. The lowest BCUT2D eigenvalue weighted by Crippen LogP contribution is -2.43. The van der Waals surface area contributed by atoms with Crippen molar-refractivity contribution in [2.24, 2.45) is 11.8 Å². The molecule has 1 aromatic carbocycles. The van der Waals surface area contributed by atoms with E-state index in [9.17, 15) is 0 Å². The zero-order valence-electron chi connectivity index (χ0n) is 14.1. The van der Waals surface area contributed by atoms with E-state index < -0.39 is 0 Å². The largest absolute Gasteiger partial charge is 0.493 e. The van der Waals surface area contributed by atoms with Gasteiger partial charge in [0.2, 0.25) is 0 Å². The van der Waals surface area contributed by atoms with Crippen molar-refractivity contribution in [3.63, 3.8) is 0 Å². The minimum absolute atomic E-state index is 0.162. The van der Waals surface area contributed by atoms with Gasteiger partial charge in [-0.3, -0.25) is 0 Å². The molecule has 3 heteroatoms. The minimum Gasteiger partial charge on any atom is -0.407 e. The molecule has 3 rings (SSSR count). The fraction of sp³-hybridized carbons (Fsp3) is 0.684. The van der Waals surface area contributed by atoms with Crippen LogP contribution in [0.3, 0.4) is 0 Å². The zero-order valence-corrected chi connectivity index (χ0v) is 14.1. The SMILES string of the molecule is CCCC1CCC(c2ccc(B3OCC(C)CO3)cc2)CC1. The van der Waals surface area contributed by atoms with Gasteiger partial charge in [-0.1, -0.05) is 51.0 Å². The summed E-state index contributed by atoms with van der Waals surface area (Å²) in [5.41, 5.74) is 2.66. The average molecular weight is 300 g/mol. The Bertz CT molecular complexity index is 443. The van der Waals surface area contributed by atoms with Gasteiger partial charge in [-0.2, -0.15) is 0 Å². The maximum atomic E-state index is 5.78. The van der Waals surface area contributed by atoms with Crippen LogP contribution in [0, 0.1) is 11.8 Å². The molecule has 0 aromatic heterocycles. The molecular weight excluding hydrogens is 271 g/mol. The van der Waals surface area contributed by atoms with Crippen LogP contribution in [0.15, 0.2) is 24.3 Å². The fourth-order valence-electron chi connectivity index (χ4n) is 3.91. The van der Waals surface area contributed by atoms with E-state index in [0.717, 1.165) is 30.5 Å². The van der Waals surface area contributed by atoms with E-state index in [1.165, 1.54) is 44.1 Å². The van der Waals surface area contributed by atoms with E-state index in [1.807, 2.05) is 0 Å². The van der Waals surface area contributed by atoms with Crippen LogP contribution in [0.4, 0.5) is 0 Å². The Hall–Kier alpha value is -0.795. The smallest absolute Gasteiger partial charge is 0.407 e. The summed E-state index contributed by atoms with van der Waals surface area (Å²) in [4.78, 5) is 0. The normalized spacial score (nSPS) is 27.1. The second kappa shape index (κ2) is 7.65. The third kappa shape index (κ3) is 3.94. The van der Waals surface area contributed by atoms with Crippen molar-refractivity contribution in [3.05, 3.63) is 29.8 Å². The molecule has 1 saturated carbocycles. The average Bonchev–Trinajstić information content (AvgIpc) is 2.57. The summed E-state index contributed by atoms with van der Waals surface area (Å²) in [7, 11) is -0.162. The number of hydrogen-bond acceptors (Lipinski definition) is 2. The van der Waals surface area contributed by atoms with Crippen LogP contribution >= 0.6 is 0 Å². The Balaban J connectivity index is 1.56. The van der Waals surface area contributed by atoms with Crippen molar-refractivity contribution >= 4 is 12.6 Å². The summed E-state index contributed by atoms with van der Waals surface area (Å²) in [6.07, 6.45) is 8.29. The quantitative estimate of drug-likeness (QED) is 0.778. The Morgan fingerprint density at radius 2 is 1.64 bits per heavy atom. The molecule has 0 amide bonds. The van der Waals surface area contributed by atoms with Gasteiger partial charge >= 0.3 is 7.12 Å². The highest BCUT2D eigenvalue weighted by Crippen LogP contribution is 2.37. The molecule has 1 saturated heterocycles. The minimum atomic E-state index is -0.162. The van der Waals surface area contributed by atoms with Crippen LogP contribution in [-0.2, 0) is 9.31 Å². The van der Waals surface area contributed by atoms with Crippen LogP contribution in [0.2, 0.25) is 0 Å². The highest BCUT2D eigenvalue weighted by atomic mass is 16.6. The second-order valence-corrected chi connectivity index (χ2v) is 7.28. The van der Waals surface area contributed by atoms with Crippen LogP contribution in [-0.4, -0.2) is 20.3 Å². The van der Waals surface area contributed by atoms with Gasteiger partial charge < -0.3 is 9.31 Å². The highest BCUT2D eigenvalue weighted by Gasteiger charge is 2.28. The fourth-order valence-corrected chi connectivity index (χ4v) is 3.91. The van der Waals surface area contributed by atoms with Crippen molar-refractivity contribution in [1.82, 2.24) is 0 Å². The van der Waals surface area contributed by atoms with Crippen molar-refractivity contribution in [3.8, 4) is 0 Å². The predicted molar refractivity (Wildman–Crippen MR) is 92.5 cm³/mol. The van der Waals surface area contributed by atoms with Gasteiger partial charge in [-0.25, -0.2) is 0 Å². The molecule has 0 unspecified atom stereocenters. The Kier molecular flexibility index (Phi) is 5.59. The number of hydrogen-bond donors (Lipinski definition) is 0. The Morgan fingerprint density at radius 1 is 1.00 bits per heavy atom. The molecular formula is C19H29BO2. The van der Waals surface area contributed by atoms with Gasteiger partial charge in [0.1, 0.15) is 0 Å². The van der Waals surface area contributed by atoms with Gasteiger partial charge in [0.05, 0.1) is 0 Å². The molecule has 22 heavy (non-hydrogen) atoms. The van der Waals surface area contributed by atoms with Crippen molar-refractivity contribution in [2.75, 3.05) is 13.2 Å². The summed E-state index contributed by atoms with van der Waals surface area (Å²) in [6.45, 7) is 6.07. The first-order valence-corrected chi connectivity index (χ1v) is 9.09. The maximum absolute atomic E-state index is 5.78. The maximum Gasteiger partial charge on any atom is 0.493 e. The Labute approximate surface area is 135 Å². The summed E-state index contributed by atoms with van der Waals surface area (Å²) < 4.78 is 11.6. The van der Waals surface area contributed by atoms with Gasteiger partial charge in [-0.15, -0.1) is 0 Å². The van der Waals surface area contributed by atoms with E-state index in [2.05, 4.69) is 38.1 Å². The predicted octanol–water partition coefficient (Wildman–Crippen LogP) is 4.14. The van der Waals surface area contributed by atoms with E-state index in [0.29, 0.717) is 5.92 Å². The number of benzene rings is 1. The summed E-state index contributed by atoms with van der Waals surface area (Å²) in [5.74, 6) is 2.25. The van der Waals surface area contributed by atoms with E-state index >= 15 is 0 Å². The van der Waals surface area contributed by atoms with Gasteiger partial charge in [0.25, 0.3) is 0 Å². The lowest BCUT2D eigenvalue weighted by molar-refractivity contribution is 0.0958. The molecule has 0 bridgehead atoms. The van der Waals surface area contributed by atoms with Crippen molar-refractivity contribution in [2.45, 2.75) is 58.3 Å². The first-order chi connectivity index (χ1) is 10.8. The van der Waals surface area contributed by atoms with Crippen molar-refractivity contribution in [1.29, 1.82) is 0 Å². The third-order valence-corrected chi connectivity index (χ3v) is 5.29. The summed E-state index contributed by atoms with van der Waals surface area (Å²) >= 11 is 0. The van der Waals surface area contributed by atoms with Crippen molar-refractivity contribution < 1.29 is 9.31 Å². The lowest BCUT2D eigenvalue weighted by atomic mass is 9.74. The molecule has 2 aliphatic rings. The van der Waals surface area contributed by atoms with Crippen LogP contribution in [0.1, 0.15) is 63.9 Å². The molecule has 1 aromatic rings. The molecule has 0 atom stereocenters. The molecule has 120 valence electrons.